The summed E-state index contributed by atoms with van der Waals surface area (Å²) in [5.41, 5.74) is 5.29. The summed E-state index contributed by atoms with van der Waals surface area (Å²) < 4.78 is 23.5. The van der Waals surface area contributed by atoms with E-state index >= 15 is 4.39 Å². The van der Waals surface area contributed by atoms with E-state index in [2.05, 4.69) is 10.3 Å². The van der Waals surface area contributed by atoms with Crippen molar-refractivity contribution < 1.29 is 23.5 Å². The molecule has 0 saturated carbocycles. The fourth-order valence-electron chi connectivity index (χ4n) is 5.00. The Morgan fingerprint density at radius 2 is 1.85 bits per heavy atom. The maximum atomic E-state index is 16.5. The lowest BCUT2D eigenvalue weighted by Crippen LogP contribution is -2.53. The first kappa shape index (κ1) is 28.5. The maximum Gasteiger partial charge on any atom is 0.405 e. The predicted molar refractivity (Wildman–Crippen MR) is 151 cm³/mol. The molecule has 0 radical (unpaired) electrons. The summed E-state index contributed by atoms with van der Waals surface area (Å²) in [6, 6.07) is 15.1. The van der Waals surface area contributed by atoms with E-state index in [0.29, 0.717) is 11.1 Å². The number of amides is 2. The zero-order chi connectivity index (χ0) is 29.1. The van der Waals surface area contributed by atoms with Crippen molar-refractivity contribution in [3.8, 4) is 5.69 Å². The molecule has 0 fully saturated rings. The summed E-state index contributed by atoms with van der Waals surface area (Å²) in [7, 11) is 0. The van der Waals surface area contributed by atoms with Crippen molar-refractivity contribution >= 4 is 23.4 Å². The van der Waals surface area contributed by atoms with Crippen LogP contribution >= 0.6 is 0 Å². The first-order valence-corrected chi connectivity index (χ1v) is 12.9. The Morgan fingerprint density at radius 3 is 2.50 bits per heavy atom. The molecule has 40 heavy (non-hydrogen) atoms. The number of hydrogen-bond acceptors (Lipinski definition) is 5. The van der Waals surface area contributed by atoms with Crippen LogP contribution in [0.4, 0.5) is 9.18 Å². The quantitative estimate of drug-likeness (QED) is 0.285. The SMILES string of the molecule is Cc1cn(-c2cccc(C(=O)CC(=O)NC3C=C(c4ccccc4)C=CC3(F)CC(C)(C)OC(N)=O)c2)c(C)n1. The summed E-state index contributed by atoms with van der Waals surface area (Å²) in [5.74, 6) is -0.271. The molecule has 2 atom stereocenters. The van der Waals surface area contributed by atoms with Gasteiger partial charge in [0.25, 0.3) is 0 Å². The largest absolute Gasteiger partial charge is 0.444 e. The lowest BCUT2D eigenvalue weighted by molar-refractivity contribution is -0.121. The predicted octanol–water partition coefficient (Wildman–Crippen LogP) is 5.17. The van der Waals surface area contributed by atoms with Crippen LogP contribution in [0.5, 0.6) is 0 Å². The summed E-state index contributed by atoms with van der Waals surface area (Å²) in [6.45, 7) is 6.83. The highest BCUT2D eigenvalue weighted by Crippen LogP contribution is 2.37. The normalized spacial score (nSPS) is 18.6. The van der Waals surface area contributed by atoms with E-state index in [-0.39, 0.29) is 6.42 Å². The molecular formula is C31H33FN4O4. The highest BCUT2D eigenvalue weighted by Gasteiger charge is 2.44. The molecule has 2 aromatic carbocycles. The van der Waals surface area contributed by atoms with Gasteiger partial charge in [0.2, 0.25) is 5.91 Å². The van der Waals surface area contributed by atoms with Gasteiger partial charge in [-0.25, -0.2) is 14.2 Å². The molecule has 0 spiro atoms. The standard InChI is InChI=1S/C31H33FN4O4/c1-20-18-36(21(2)34-20)25-12-8-11-24(15-25)26(37)17-28(38)35-27-16-23(22-9-6-5-7-10-22)13-14-31(27,32)19-30(3,4)40-29(33)39/h5-16,18,27H,17,19H2,1-4H3,(H2,33,39)(H,35,38). The molecule has 1 aliphatic carbocycles. The van der Waals surface area contributed by atoms with Crippen LogP contribution in [0.3, 0.4) is 0 Å². The Bertz CT molecular complexity index is 1490. The van der Waals surface area contributed by atoms with Gasteiger partial charge in [0.05, 0.1) is 18.2 Å². The molecule has 1 aliphatic rings. The number of rotatable bonds is 9. The van der Waals surface area contributed by atoms with Crippen LogP contribution in [0.25, 0.3) is 11.3 Å². The molecule has 0 saturated heterocycles. The van der Waals surface area contributed by atoms with Gasteiger partial charge in [0.15, 0.2) is 11.5 Å². The number of aromatic nitrogens is 2. The number of aryl methyl sites for hydroxylation is 2. The van der Waals surface area contributed by atoms with Crippen LogP contribution in [0, 0.1) is 13.8 Å². The van der Waals surface area contributed by atoms with Gasteiger partial charge in [-0.1, -0.05) is 54.6 Å². The molecule has 0 bridgehead atoms. The van der Waals surface area contributed by atoms with Crippen molar-refractivity contribution in [2.75, 3.05) is 0 Å². The fraction of sp³-hybridized carbons (Fsp3) is 0.290. The van der Waals surface area contributed by atoms with E-state index in [4.69, 9.17) is 10.5 Å². The topological polar surface area (TPSA) is 116 Å². The molecule has 2 amide bonds. The number of nitrogens with zero attached hydrogens (tertiary/aromatic N) is 2. The number of carbonyl (C=O) groups is 3. The molecule has 3 N–H and O–H groups in total. The van der Waals surface area contributed by atoms with E-state index in [1.54, 1.807) is 44.2 Å². The second kappa shape index (κ2) is 11.3. The van der Waals surface area contributed by atoms with Crippen LogP contribution in [0.2, 0.25) is 0 Å². The fourth-order valence-corrected chi connectivity index (χ4v) is 5.00. The number of primary amides is 1. The lowest BCUT2D eigenvalue weighted by atomic mass is 9.79. The van der Waals surface area contributed by atoms with Gasteiger partial charge in [-0.2, -0.15) is 0 Å². The molecule has 4 rings (SSSR count). The second-order valence-corrected chi connectivity index (χ2v) is 10.6. The average Bonchev–Trinajstić information content (AvgIpc) is 3.22. The Kier molecular flexibility index (Phi) is 8.04. The number of nitrogens with two attached hydrogens (primary N) is 1. The zero-order valence-corrected chi connectivity index (χ0v) is 23.0. The minimum Gasteiger partial charge on any atom is -0.444 e. The average molecular weight is 545 g/mol. The third-order valence-corrected chi connectivity index (χ3v) is 6.67. The number of allylic oxidation sites excluding steroid dienone is 2. The summed E-state index contributed by atoms with van der Waals surface area (Å²) in [4.78, 5) is 42.0. The van der Waals surface area contributed by atoms with E-state index in [1.807, 2.05) is 61.0 Å². The Hall–Kier alpha value is -4.53. The van der Waals surface area contributed by atoms with Crippen LogP contribution in [0.1, 0.15) is 54.1 Å². The first-order valence-electron chi connectivity index (χ1n) is 12.9. The Labute approximate surface area is 232 Å². The number of imidazole rings is 1. The van der Waals surface area contributed by atoms with Crippen molar-refractivity contribution in [1.82, 2.24) is 14.9 Å². The second-order valence-electron chi connectivity index (χ2n) is 10.6. The zero-order valence-electron chi connectivity index (χ0n) is 23.0. The van der Waals surface area contributed by atoms with Crippen LogP contribution in [0.15, 0.2) is 79.0 Å². The number of halogens is 1. The van der Waals surface area contributed by atoms with Gasteiger partial charge >= 0.3 is 6.09 Å². The minimum absolute atomic E-state index is 0.275. The van der Waals surface area contributed by atoms with Crippen molar-refractivity contribution in [2.45, 2.75) is 57.8 Å². The molecule has 9 heteroatoms. The maximum absolute atomic E-state index is 16.5. The van der Waals surface area contributed by atoms with Crippen molar-refractivity contribution in [3.05, 3.63) is 102 Å². The number of benzene rings is 2. The van der Waals surface area contributed by atoms with Gasteiger partial charge in [0.1, 0.15) is 11.4 Å². The number of ketones is 1. The van der Waals surface area contributed by atoms with E-state index in [1.165, 1.54) is 6.08 Å². The molecule has 1 heterocycles. The Balaban J connectivity index is 1.55. The lowest BCUT2D eigenvalue weighted by Gasteiger charge is -2.38. The highest BCUT2D eigenvalue weighted by atomic mass is 19.1. The van der Waals surface area contributed by atoms with Crippen molar-refractivity contribution in [2.24, 2.45) is 5.73 Å². The van der Waals surface area contributed by atoms with Crippen LogP contribution in [-0.4, -0.2) is 44.6 Å². The summed E-state index contributed by atoms with van der Waals surface area (Å²) in [6.07, 6.45) is 4.69. The van der Waals surface area contributed by atoms with Crippen LogP contribution in [-0.2, 0) is 9.53 Å². The number of Topliss-reactive ketones (excluding diaryl/α,β-unsaturated/α-hetero) is 1. The first-order chi connectivity index (χ1) is 18.8. The van der Waals surface area contributed by atoms with Gasteiger partial charge in [-0.15, -0.1) is 0 Å². The molecular weight excluding hydrogens is 511 g/mol. The van der Waals surface area contributed by atoms with Gasteiger partial charge < -0.3 is 20.4 Å². The number of alkyl halides is 1. The van der Waals surface area contributed by atoms with Gasteiger partial charge in [-0.3, -0.25) is 9.59 Å². The highest BCUT2D eigenvalue weighted by molar-refractivity contribution is 6.07. The molecule has 3 aromatic rings. The van der Waals surface area contributed by atoms with Crippen molar-refractivity contribution in [1.29, 1.82) is 0 Å². The third kappa shape index (κ3) is 6.72. The number of nitrogens with one attached hydrogen (secondary N) is 1. The summed E-state index contributed by atoms with van der Waals surface area (Å²) >= 11 is 0. The third-order valence-electron chi connectivity index (χ3n) is 6.67. The van der Waals surface area contributed by atoms with Gasteiger partial charge in [0, 0.05) is 23.9 Å². The number of ether oxygens (including phenoxy) is 1. The van der Waals surface area contributed by atoms with Gasteiger partial charge in [-0.05, 0) is 57.0 Å². The monoisotopic (exact) mass is 544 g/mol. The smallest absolute Gasteiger partial charge is 0.405 e. The van der Waals surface area contributed by atoms with Crippen LogP contribution < -0.4 is 11.1 Å². The Morgan fingerprint density at radius 1 is 1.12 bits per heavy atom. The van der Waals surface area contributed by atoms with E-state index < -0.39 is 41.5 Å². The van der Waals surface area contributed by atoms with E-state index in [9.17, 15) is 14.4 Å². The molecule has 2 unspecified atom stereocenters. The number of carbonyl (C=O) groups excluding carboxylic acids is 3. The molecule has 1 aromatic heterocycles. The molecule has 208 valence electrons. The van der Waals surface area contributed by atoms with E-state index in [0.717, 1.165) is 22.8 Å². The van der Waals surface area contributed by atoms with Crippen molar-refractivity contribution in [3.63, 3.8) is 0 Å². The number of hydrogen-bond donors (Lipinski definition) is 2. The minimum atomic E-state index is -2.12. The molecule has 0 aliphatic heterocycles. The summed E-state index contributed by atoms with van der Waals surface area (Å²) in [5, 5.41) is 2.70. The molecule has 8 nitrogen and oxygen atoms in total.